The Balaban J connectivity index is 1.44. The Morgan fingerprint density at radius 2 is 1.20 bits per heavy atom. The van der Waals surface area contributed by atoms with Gasteiger partial charge in [-0.1, -0.05) is 13.2 Å². The van der Waals surface area contributed by atoms with Crippen molar-refractivity contribution in [2.24, 2.45) is 0 Å². The number of amides is 1. The molecule has 0 radical (unpaired) electrons. The highest BCUT2D eigenvalue weighted by Gasteiger charge is 2.15. The molecule has 3 N–H and O–H groups in total. The summed E-state index contributed by atoms with van der Waals surface area (Å²) >= 11 is 0. The van der Waals surface area contributed by atoms with Gasteiger partial charge < -0.3 is 38.8 Å². The molecule has 1 atom stereocenters. The minimum atomic E-state index is -1.39. The molecule has 0 spiro atoms. The summed E-state index contributed by atoms with van der Waals surface area (Å²) in [6, 6.07) is 16.0. The number of ether oxygens (including phenoxy) is 6. The van der Waals surface area contributed by atoms with Crippen LogP contribution in [0.2, 0.25) is 0 Å². The molecule has 3 rings (SSSR count). The van der Waals surface area contributed by atoms with Gasteiger partial charge >= 0.3 is 30.0 Å². The number of hydrogen-bond donors (Lipinski definition) is 3. The predicted molar refractivity (Wildman–Crippen MR) is 174 cm³/mol. The molecule has 49 heavy (non-hydrogen) atoms. The van der Waals surface area contributed by atoms with Crippen molar-refractivity contribution < 1.29 is 57.5 Å². The zero-order chi connectivity index (χ0) is 35.9. The maximum atomic E-state index is 12.7. The van der Waals surface area contributed by atoms with Crippen LogP contribution in [0.15, 0.2) is 91.0 Å². The van der Waals surface area contributed by atoms with Crippen molar-refractivity contribution in [1.29, 1.82) is 0 Å². The van der Waals surface area contributed by atoms with E-state index in [0.29, 0.717) is 5.56 Å². The molecule has 0 saturated carbocycles. The second-order valence-electron chi connectivity index (χ2n) is 10.3. The molecular weight excluding hydrogens is 640 g/mol. The van der Waals surface area contributed by atoms with Gasteiger partial charge in [-0.05, 0) is 93.1 Å². The molecule has 1 amide bonds. The highest BCUT2D eigenvalue weighted by atomic mass is 16.6. The van der Waals surface area contributed by atoms with Crippen LogP contribution in [0.4, 0.5) is 4.79 Å². The summed E-state index contributed by atoms with van der Waals surface area (Å²) in [6.45, 7) is 11.8. The van der Waals surface area contributed by atoms with Crippen LogP contribution < -0.4 is 29.6 Å². The van der Waals surface area contributed by atoms with Gasteiger partial charge in [-0.25, -0.2) is 24.0 Å². The monoisotopic (exact) mass is 676 g/mol. The first-order chi connectivity index (χ1) is 23.3. The summed E-state index contributed by atoms with van der Waals surface area (Å²) in [7, 11) is 0. The van der Waals surface area contributed by atoms with Gasteiger partial charge in [0.15, 0.2) is 0 Å². The minimum absolute atomic E-state index is 0.00764. The van der Waals surface area contributed by atoms with E-state index >= 15 is 0 Å². The normalized spacial score (nSPS) is 10.9. The van der Waals surface area contributed by atoms with Crippen LogP contribution in [0.5, 0.6) is 23.0 Å². The number of benzene rings is 3. The standard InChI is InChI=1S/C35H36N2O12/c1-21(2)30(38)44-18-16-36-34(42)47-26-10-6-24(7-11-26)32(40)46-28-14-15-29(23(5)20-28)49-33(41)25-8-12-27(13-9-25)48-35(43)37-17-19-45-31(39)22(3)4/h6-15,20,34,36,42H,1,3,16-19H2,2,4-5H3,(H,37,43). The van der Waals surface area contributed by atoms with E-state index in [1.54, 1.807) is 6.92 Å². The van der Waals surface area contributed by atoms with Crippen molar-refractivity contribution in [3.63, 3.8) is 0 Å². The molecule has 0 aliphatic carbocycles. The van der Waals surface area contributed by atoms with Gasteiger partial charge in [-0.2, -0.15) is 0 Å². The Morgan fingerprint density at radius 3 is 1.76 bits per heavy atom. The molecule has 0 saturated heterocycles. The average molecular weight is 677 g/mol. The highest BCUT2D eigenvalue weighted by Crippen LogP contribution is 2.26. The number of aliphatic hydroxyl groups is 1. The van der Waals surface area contributed by atoms with Gasteiger partial charge in [0, 0.05) is 17.7 Å². The summed E-state index contributed by atoms with van der Waals surface area (Å²) in [4.78, 5) is 60.0. The fourth-order valence-electron chi connectivity index (χ4n) is 3.64. The second kappa shape index (κ2) is 18.4. The molecule has 0 fully saturated rings. The van der Waals surface area contributed by atoms with Crippen LogP contribution in [-0.2, 0) is 19.1 Å². The molecule has 3 aromatic rings. The van der Waals surface area contributed by atoms with Crippen LogP contribution in [0.25, 0.3) is 0 Å². The maximum absolute atomic E-state index is 12.7. The first-order valence-corrected chi connectivity index (χ1v) is 14.8. The number of esters is 4. The lowest BCUT2D eigenvalue weighted by Gasteiger charge is -2.15. The molecule has 1 unspecified atom stereocenters. The summed E-state index contributed by atoms with van der Waals surface area (Å²) in [6.07, 6.45) is -2.16. The number of nitrogens with one attached hydrogen (secondary N) is 2. The van der Waals surface area contributed by atoms with Gasteiger partial charge in [0.1, 0.15) is 36.2 Å². The Labute approximate surface area is 282 Å². The number of rotatable bonds is 16. The molecule has 14 heteroatoms. The minimum Gasteiger partial charge on any atom is -0.461 e. The SMILES string of the molecule is C=C(C)C(=O)OCCNC(=O)Oc1ccc(C(=O)Oc2ccc(OC(=O)c3ccc(OC(O)NCCOC(=O)C(=C)C)cc3)cc2C)cc1. The van der Waals surface area contributed by atoms with Crippen molar-refractivity contribution >= 4 is 30.0 Å². The molecule has 0 heterocycles. The van der Waals surface area contributed by atoms with Gasteiger partial charge in [0.05, 0.1) is 17.7 Å². The van der Waals surface area contributed by atoms with E-state index in [2.05, 4.69) is 23.8 Å². The van der Waals surface area contributed by atoms with Crippen molar-refractivity contribution in [3.8, 4) is 23.0 Å². The van der Waals surface area contributed by atoms with Crippen molar-refractivity contribution in [3.05, 3.63) is 108 Å². The number of aryl methyl sites for hydroxylation is 1. The van der Waals surface area contributed by atoms with Crippen molar-refractivity contribution in [2.45, 2.75) is 27.2 Å². The first-order valence-electron chi connectivity index (χ1n) is 14.8. The van der Waals surface area contributed by atoms with Gasteiger partial charge in [-0.3, -0.25) is 5.32 Å². The van der Waals surface area contributed by atoms with E-state index in [0.717, 1.165) is 0 Å². The Kier molecular flexibility index (Phi) is 14.0. The molecular formula is C35H36N2O12. The van der Waals surface area contributed by atoms with Crippen LogP contribution >= 0.6 is 0 Å². The fraction of sp³-hybridized carbons (Fsp3) is 0.229. The molecule has 258 valence electrons. The first kappa shape index (κ1) is 37.5. The van der Waals surface area contributed by atoms with E-state index in [-0.39, 0.29) is 71.6 Å². The second-order valence-corrected chi connectivity index (χ2v) is 10.3. The molecule has 0 aliphatic heterocycles. The summed E-state index contributed by atoms with van der Waals surface area (Å²) in [5.74, 6) is -1.55. The molecule has 0 bridgehead atoms. The number of hydrogen-bond acceptors (Lipinski definition) is 13. The van der Waals surface area contributed by atoms with Gasteiger partial charge in [-0.15, -0.1) is 0 Å². The molecule has 3 aromatic carbocycles. The van der Waals surface area contributed by atoms with E-state index in [1.807, 2.05) is 0 Å². The molecule has 0 aromatic heterocycles. The smallest absolute Gasteiger partial charge is 0.412 e. The summed E-state index contributed by atoms with van der Waals surface area (Å²) in [5, 5.41) is 15.0. The zero-order valence-corrected chi connectivity index (χ0v) is 27.1. The molecule has 0 aliphatic rings. The molecule has 14 nitrogen and oxygen atoms in total. The number of carbonyl (C=O) groups excluding carboxylic acids is 5. The third-order valence-electron chi connectivity index (χ3n) is 6.15. The Bertz CT molecular complexity index is 1680. The van der Waals surface area contributed by atoms with E-state index < -0.39 is 36.4 Å². The average Bonchev–Trinajstić information content (AvgIpc) is 3.06. The number of carbonyl (C=O) groups is 5. The summed E-state index contributed by atoms with van der Waals surface area (Å²) in [5.41, 5.74) is 1.43. The predicted octanol–water partition coefficient (Wildman–Crippen LogP) is 4.00. The zero-order valence-electron chi connectivity index (χ0n) is 27.1. The topological polar surface area (TPSA) is 185 Å². The van der Waals surface area contributed by atoms with Crippen molar-refractivity contribution in [2.75, 3.05) is 26.3 Å². The Morgan fingerprint density at radius 1 is 0.694 bits per heavy atom. The van der Waals surface area contributed by atoms with E-state index in [9.17, 15) is 29.1 Å². The lowest BCUT2D eigenvalue weighted by Crippen LogP contribution is -2.36. The van der Waals surface area contributed by atoms with Crippen LogP contribution in [0, 0.1) is 6.92 Å². The third kappa shape index (κ3) is 12.6. The summed E-state index contributed by atoms with van der Waals surface area (Å²) < 4.78 is 31.2. The van der Waals surface area contributed by atoms with Crippen LogP contribution in [-0.4, -0.2) is 67.8 Å². The maximum Gasteiger partial charge on any atom is 0.412 e. The number of aliphatic hydroxyl groups excluding tert-OH is 1. The fourth-order valence-corrected chi connectivity index (χ4v) is 3.64. The van der Waals surface area contributed by atoms with E-state index in [4.69, 9.17) is 28.4 Å². The quantitative estimate of drug-likeness (QED) is 0.0651. The Hall–Kier alpha value is -5.99. The van der Waals surface area contributed by atoms with Crippen molar-refractivity contribution in [1.82, 2.24) is 10.6 Å². The van der Waals surface area contributed by atoms with Gasteiger partial charge in [0.2, 0.25) is 0 Å². The lowest BCUT2D eigenvalue weighted by atomic mass is 10.2. The van der Waals surface area contributed by atoms with E-state index in [1.165, 1.54) is 80.6 Å². The van der Waals surface area contributed by atoms with Crippen LogP contribution in [0.3, 0.4) is 0 Å². The van der Waals surface area contributed by atoms with Crippen LogP contribution in [0.1, 0.15) is 40.1 Å². The largest absolute Gasteiger partial charge is 0.461 e. The third-order valence-corrected chi connectivity index (χ3v) is 6.15. The lowest BCUT2D eigenvalue weighted by molar-refractivity contribution is -0.140. The van der Waals surface area contributed by atoms with Gasteiger partial charge in [0.25, 0.3) is 6.41 Å². The highest BCUT2D eigenvalue weighted by molar-refractivity contribution is 5.92.